The third kappa shape index (κ3) is 5.30. The number of fused-ring (bicyclic) bond motifs is 2. The maximum absolute atomic E-state index is 11.2. The predicted octanol–water partition coefficient (Wildman–Crippen LogP) is 11.6. The summed E-state index contributed by atoms with van der Waals surface area (Å²) in [6.45, 7) is 6.27. The lowest BCUT2D eigenvalue weighted by atomic mass is 9.89. The number of hydrogen-bond acceptors (Lipinski definition) is 11. The summed E-state index contributed by atoms with van der Waals surface area (Å²) in [5.41, 5.74) is 1.69. The average molecular weight is 755 g/mol. The maximum atomic E-state index is 11.2. The van der Waals surface area contributed by atoms with E-state index in [1.807, 2.05) is 48.5 Å². The first-order chi connectivity index (χ1) is 24.4. The summed E-state index contributed by atoms with van der Waals surface area (Å²) in [6.07, 6.45) is 0. The van der Waals surface area contributed by atoms with Crippen molar-refractivity contribution in [1.82, 2.24) is 0 Å². The quantitative estimate of drug-likeness (QED) is 0.169. The number of benzene rings is 2. The van der Waals surface area contributed by atoms with Gasteiger partial charge in [0.05, 0.1) is 29.3 Å². The van der Waals surface area contributed by atoms with Gasteiger partial charge in [0.2, 0.25) is 0 Å². The van der Waals surface area contributed by atoms with Crippen LogP contribution in [0.5, 0.6) is 34.5 Å². The van der Waals surface area contributed by atoms with Crippen molar-refractivity contribution in [2.75, 3.05) is 26.4 Å². The first kappa shape index (κ1) is 31.7. The first-order valence-electron chi connectivity index (χ1n) is 16.1. The molecule has 5 aromatic heterocycles. The van der Waals surface area contributed by atoms with Gasteiger partial charge in [-0.2, -0.15) is 0 Å². The lowest BCUT2D eigenvalue weighted by Gasteiger charge is -2.25. The highest BCUT2D eigenvalue weighted by Crippen LogP contribution is 2.61. The molecule has 0 spiro atoms. The predicted molar refractivity (Wildman–Crippen MR) is 207 cm³/mol. The zero-order valence-electron chi connectivity index (χ0n) is 27.0. The molecule has 7 aromatic rings. The van der Waals surface area contributed by atoms with Crippen LogP contribution < -0.4 is 18.9 Å². The van der Waals surface area contributed by atoms with Gasteiger partial charge in [0.15, 0.2) is 23.0 Å². The molecule has 0 aliphatic carbocycles. The van der Waals surface area contributed by atoms with Crippen LogP contribution in [-0.2, 0) is 5.41 Å². The molecular weight excluding hydrogens is 725 g/mol. The summed E-state index contributed by atoms with van der Waals surface area (Å²) < 4.78 is 25.0. The van der Waals surface area contributed by atoms with Crippen LogP contribution >= 0.6 is 56.7 Å². The molecule has 0 fully saturated rings. The van der Waals surface area contributed by atoms with Gasteiger partial charge in [-0.1, -0.05) is 60.7 Å². The summed E-state index contributed by atoms with van der Waals surface area (Å²) in [5, 5.41) is 22.3. The molecule has 0 saturated heterocycles. The summed E-state index contributed by atoms with van der Waals surface area (Å²) >= 11 is 8.05. The molecule has 6 nitrogen and oxygen atoms in total. The van der Waals surface area contributed by atoms with Crippen molar-refractivity contribution in [3.8, 4) is 84.6 Å². The van der Waals surface area contributed by atoms with Crippen LogP contribution in [0.4, 0.5) is 0 Å². The van der Waals surface area contributed by atoms with E-state index in [1.54, 1.807) is 56.7 Å². The number of thiophene rings is 5. The Morgan fingerprint density at radius 2 is 0.960 bits per heavy atom. The molecule has 2 aliphatic heterocycles. The molecule has 7 heterocycles. The van der Waals surface area contributed by atoms with Gasteiger partial charge in [-0.3, -0.25) is 0 Å². The Labute approximate surface area is 309 Å². The standard InChI is InChI=1S/C39H30O6S5/c1-39(2,38-32-31(44-17-18-45-32)37(50-38)34-24(41)20-27(48-34)22-11-7-4-8-12-22)28-14-13-25(46-28)35-29-30(43-16-15-42-29)36(49-35)33-23(40)19-26(47-33)21-9-5-3-6-10-21/h3-14,19-20,40-41H,15-18H2,1-2H3. The molecule has 0 bridgehead atoms. The fraction of sp³-hybridized carbons (Fsp3) is 0.179. The molecule has 50 heavy (non-hydrogen) atoms. The van der Waals surface area contributed by atoms with Crippen molar-refractivity contribution in [3.05, 3.63) is 94.7 Å². The minimum absolute atomic E-state index is 0.236. The van der Waals surface area contributed by atoms with Gasteiger partial charge in [-0.25, -0.2) is 0 Å². The van der Waals surface area contributed by atoms with Crippen LogP contribution in [0.25, 0.3) is 50.1 Å². The molecule has 11 heteroatoms. The highest BCUT2D eigenvalue weighted by atomic mass is 32.1. The van der Waals surface area contributed by atoms with Gasteiger partial charge in [0.25, 0.3) is 0 Å². The number of rotatable bonds is 7. The van der Waals surface area contributed by atoms with E-state index in [0.717, 1.165) is 71.4 Å². The molecule has 0 radical (unpaired) electrons. The summed E-state index contributed by atoms with van der Waals surface area (Å²) in [7, 11) is 0. The van der Waals surface area contributed by atoms with Crippen molar-refractivity contribution in [2.45, 2.75) is 19.3 Å². The zero-order valence-corrected chi connectivity index (χ0v) is 31.1. The number of aromatic hydroxyl groups is 2. The van der Waals surface area contributed by atoms with E-state index in [9.17, 15) is 10.2 Å². The van der Waals surface area contributed by atoms with Crippen LogP contribution in [0.15, 0.2) is 84.9 Å². The van der Waals surface area contributed by atoms with Crippen LogP contribution in [0, 0.1) is 0 Å². The summed E-state index contributed by atoms with van der Waals surface area (Å²) in [6, 6.07) is 28.2. The third-order valence-corrected chi connectivity index (χ3v) is 15.7. The Morgan fingerprint density at radius 3 is 1.52 bits per heavy atom. The van der Waals surface area contributed by atoms with E-state index in [4.69, 9.17) is 18.9 Å². The second kappa shape index (κ2) is 12.5. The van der Waals surface area contributed by atoms with E-state index in [-0.39, 0.29) is 11.5 Å². The van der Waals surface area contributed by atoms with Gasteiger partial charge in [0, 0.05) is 24.9 Å². The maximum Gasteiger partial charge on any atom is 0.181 e. The largest absolute Gasteiger partial charge is 0.506 e. The van der Waals surface area contributed by atoms with Gasteiger partial charge in [0.1, 0.15) is 37.9 Å². The van der Waals surface area contributed by atoms with Crippen molar-refractivity contribution in [3.63, 3.8) is 0 Å². The molecule has 252 valence electrons. The van der Waals surface area contributed by atoms with Gasteiger partial charge in [-0.05, 0) is 49.2 Å². The van der Waals surface area contributed by atoms with Crippen LogP contribution in [0.1, 0.15) is 23.6 Å². The Hall–Kier alpha value is -4.26. The Kier molecular flexibility index (Phi) is 7.93. The van der Waals surface area contributed by atoms with E-state index in [2.05, 4.69) is 50.2 Å². The normalized spacial score (nSPS) is 13.9. The van der Waals surface area contributed by atoms with Crippen molar-refractivity contribution in [1.29, 1.82) is 0 Å². The van der Waals surface area contributed by atoms with Gasteiger partial charge >= 0.3 is 0 Å². The second-order valence-electron chi connectivity index (χ2n) is 12.4. The highest BCUT2D eigenvalue weighted by Gasteiger charge is 2.38. The molecule has 0 atom stereocenters. The Bertz CT molecular complexity index is 2340. The minimum Gasteiger partial charge on any atom is -0.506 e. The van der Waals surface area contributed by atoms with Crippen LogP contribution in [-0.4, -0.2) is 36.6 Å². The number of hydrogen-bond donors (Lipinski definition) is 2. The summed E-state index contributed by atoms with van der Waals surface area (Å²) in [4.78, 5) is 9.58. The molecule has 2 aliphatic rings. The highest BCUT2D eigenvalue weighted by molar-refractivity contribution is 7.28. The van der Waals surface area contributed by atoms with E-state index in [1.165, 1.54) is 0 Å². The molecule has 0 saturated carbocycles. The van der Waals surface area contributed by atoms with E-state index < -0.39 is 5.41 Å². The lowest BCUT2D eigenvalue weighted by molar-refractivity contribution is 0.171. The van der Waals surface area contributed by atoms with E-state index >= 15 is 0 Å². The SMILES string of the molecule is CC(C)(c1ccc(-c2sc(-c3sc(-c4ccccc4)cc3O)c3c2OCCO3)s1)c1sc(-c2sc(-c3ccccc3)cc2O)c2c1OCCO2. The van der Waals surface area contributed by atoms with Crippen molar-refractivity contribution < 1.29 is 29.2 Å². The molecule has 2 N–H and O–H groups in total. The van der Waals surface area contributed by atoms with Crippen LogP contribution in [0.3, 0.4) is 0 Å². The molecule has 0 unspecified atom stereocenters. The van der Waals surface area contributed by atoms with Gasteiger partial charge < -0.3 is 29.2 Å². The van der Waals surface area contributed by atoms with Gasteiger partial charge in [-0.15, -0.1) is 56.7 Å². The second-order valence-corrected chi connectivity index (χ2v) is 17.6. The summed E-state index contributed by atoms with van der Waals surface area (Å²) in [5.74, 6) is 3.34. The molecule has 9 rings (SSSR count). The molecular formula is C39H30O6S5. The molecule has 0 amide bonds. The Morgan fingerprint density at radius 1 is 0.480 bits per heavy atom. The van der Waals surface area contributed by atoms with E-state index in [0.29, 0.717) is 37.9 Å². The first-order valence-corrected chi connectivity index (χ1v) is 20.2. The fourth-order valence-corrected chi connectivity index (χ4v) is 12.4. The number of ether oxygens (including phenoxy) is 4. The third-order valence-electron chi connectivity index (χ3n) is 8.77. The molecule has 2 aromatic carbocycles. The zero-order chi connectivity index (χ0) is 34.0. The van der Waals surface area contributed by atoms with Crippen molar-refractivity contribution >= 4 is 56.7 Å². The lowest BCUT2D eigenvalue weighted by Crippen LogP contribution is -2.20. The Balaban J connectivity index is 1.09. The monoisotopic (exact) mass is 754 g/mol. The van der Waals surface area contributed by atoms with Crippen LogP contribution in [0.2, 0.25) is 0 Å². The minimum atomic E-state index is -0.431. The average Bonchev–Trinajstić information content (AvgIpc) is 3.98. The van der Waals surface area contributed by atoms with Crippen molar-refractivity contribution in [2.24, 2.45) is 0 Å². The fourth-order valence-electron chi connectivity index (χ4n) is 6.26. The smallest absolute Gasteiger partial charge is 0.181 e. The topological polar surface area (TPSA) is 77.4 Å².